The molecule has 0 bridgehead atoms. The first kappa shape index (κ1) is 15.7. The van der Waals surface area contributed by atoms with Crippen LogP contribution < -0.4 is 10.6 Å². The monoisotopic (exact) mass is 328 g/mol. The number of carbonyl (C=O) groups excluding carboxylic acids is 2. The first-order chi connectivity index (χ1) is 8.93. The highest BCUT2D eigenvalue weighted by atomic mass is 79.9. The molecule has 104 valence electrons. The predicted octanol–water partition coefficient (Wildman–Crippen LogP) is 1.44. The van der Waals surface area contributed by atoms with Crippen LogP contribution in [0.5, 0.6) is 0 Å². The molecular formula is C13H17BrN2O3. The minimum Gasteiger partial charge on any atom is -0.396 e. The number of aryl methyl sites for hydroxylation is 1. The second kappa shape index (κ2) is 7.25. The van der Waals surface area contributed by atoms with Crippen molar-refractivity contribution in [3.8, 4) is 0 Å². The van der Waals surface area contributed by atoms with Crippen LogP contribution in [-0.4, -0.2) is 30.1 Å². The molecule has 0 saturated heterocycles. The van der Waals surface area contributed by atoms with Gasteiger partial charge in [0, 0.05) is 23.3 Å². The number of rotatable bonds is 4. The van der Waals surface area contributed by atoms with E-state index in [0.717, 1.165) is 10.0 Å². The molecule has 0 heterocycles. The van der Waals surface area contributed by atoms with Gasteiger partial charge in [0.25, 0.3) is 0 Å². The van der Waals surface area contributed by atoms with Gasteiger partial charge in [-0.05, 0) is 30.5 Å². The van der Waals surface area contributed by atoms with Crippen LogP contribution in [0.4, 0.5) is 5.69 Å². The molecule has 0 radical (unpaired) electrons. The molecule has 0 fully saturated rings. The van der Waals surface area contributed by atoms with E-state index in [9.17, 15) is 9.59 Å². The van der Waals surface area contributed by atoms with E-state index in [4.69, 9.17) is 5.11 Å². The highest BCUT2D eigenvalue weighted by Crippen LogP contribution is 2.20. The Labute approximate surface area is 120 Å². The van der Waals surface area contributed by atoms with E-state index >= 15 is 0 Å². The normalized spacial score (nSPS) is 11.8. The first-order valence-electron chi connectivity index (χ1n) is 5.90. The number of aliphatic hydroxyl groups excluding tert-OH is 1. The van der Waals surface area contributed by atoms with Crippen molar-refractivity contribution in [1.29, 1.82) is 0 Å². The molecule has 1 rings (SSSR count). The second-order valence-corrected chi connectivity index (χ2v) is 5.27. The van der Waals surface area contributed by atoms with Gasteiger partial charge in [0.15, 0.2) is 0 Å². The molecular weight excluding hydrogens is 312 g/mol. The number of hydrogen-bond donors (Lipinski definition) is 3. The summed E-state index contributed by atoms with van der Waals surface area (Å²) in [5.41, 5.74) is 1.59. The SMILES string of the molecule is Cc1ccc(NC(=O)C(=O)NCC(C)CO)cc1Br. The maximum absolute atomic E-state index is 11.6. The molecule has 19 heavy (non-hydrogen) atoms. The van der Waals surface area contributed by atoms with E-state index in [0.29, 0.717) is 5.69 Å². The van der Waals surface area contributed by atoms with Gasteiger partial charge in [-0.3, -0.25) is 9.59 Å². The Kier molecular flexibility index (Phi) is 5.98. The van der Waals surface area contributed by atoms with Crippen LogP contribution in [0.25, 0.3) is 0 Å². The molecule has 0 aromatic heterocycles. The van der Waals surface area contributed by atoms with Crippen molar-refractivity contribution in [2.75, 3.05) is 18.5 Å². The molecule has 5 nitrogen and oxygen atoms in total. The molecule has 0 aliphatic heterocycles. The van der Waals surface area contributed by atoms with Crippen LogP contribution in [-0.2, 0) is 9.59 Å². The summed E-state index contributed by atoms with van der Waals surface area (Å²) in [5, 5.41) is 13.8. The van der Waals surface area contributed by atoms with Gasteiger partial charge < -0.3 is 15.7 Å². The molecule has 1 unspecified atom stereocenters. The fourth-order valence-corrected chi connectivity index (χ4v) is 1.65. The summed E-state index contributed by atoms with van der Waals surface area (Å²) in [6.45, 7) is 3.93. The van der Waals surface area contributed by atoms with E-state index in [1.165, 1.54) is 0 Å². The number of hydrogen-bond acceptors (Lipinski definition) is 3. The number of amides is 2. The topological polar surface area (TPSA) is 78.4 Å². The van der Waals surface area contributed by atoms with Crippen LogP contribution in [0.15, 0.2) is 22.7 Å². The van der Waals surface area contributed by atoms with Crippen LogP contribution >= 0.6 is 15.9 Å². The molecule has 1 atom stereocenters. The number of halogens is 1. The van der Waals surface area contributed by atoms with Gasteiger partial charge in [-0.15, -0.1) is 0 Å². The third-order valence-electron chi connectivity index (χ3n) is 2.56. The van der Waals surface area contributed by atoms with Crippen molar-refractivity contribution in [2.45, 2.75) is 13.8 Å². The number of carbonyl (C=O) groups is 2. The Bertz CT molecular complexity index is 477. The summed E-state index contributed by atoms with van der Waals surface area (Å²) in [6, 6.07) is 5.30. The largest absolute Gasteiger partial charge is 0.396 e. The van der Waals surface area contributed by atoms with Crippen molar-refractivity contribution < 1.29 is 14.7 Å². The zero-order valence-corrected chi connectivity index (χ0v) is 12.5. The Morgan fingerprint density at radius 1 is 1.37 bits per heavy atom. The third-order valence-corrected chi connectivity index (χ3v) is 3.41. The van der Waals surface area contributed by atoms with Crippen molar-refractivity contribution >= 4 is 33.4 Å². The molecule has 0 aliphatic rings. The summed E-state index contributed by atoms with van der Waals surface area (Å²) in [6.07, 6.45) is 0. The standard InChI is InChI=1S/C13H17BrN2O3/c1-8(7-17)6-15-12(18)13(19)16-10-4-3-9(2)11(14)5-10/h3-5,8,17H,6-7H2,1-2H3,(H,15,18)(H,16,19). The van der Waals surface area contributed by atoms with Gasteiger partial charge in [-0.1, -0.05) is 28.9 Å². The summed E-state index contributed by atoms with van der Waals surface area (Å²) in [4.78, 5) is 23.1. The molecule has 2 amide bonds. The maximum atomic E-state index is 11.6. The van der Waals surface area contributed by atoms with E-state index in [2.05, 4.69) is 26.6 Å². The Balaban J connectivity index is 2.54. The fraction of sp³-hybridized carbons (Fsp3) is 0.385. The molecule has 6 heteroatoms. The average molecular weight is 329 g/mol. The van der Waals surface area contributed by atoms with E-state index in [1.54, 1.807) is 19.1 Å². The lowest BCUT2D eigenvalue weighted by Crippen LogP contribution is -2.38. The third kappa shape index (κ3) is 5.00. The lowest BCUT2D eigenvalue weighted by molar-refractivity contribution is -0.136. The minimum absolute atomic E-state index is 0.0349. The van der Waals surface area contributed by atoms with Crippen molar-refractivity contribution in [2.24, 2.45) is 5.92 Å². The molecule has 3 N–H and O–H groups in total. The second-order valence-electron chi connectivity index (χ2n) is 4.42. The van der Waals surface area contributed by atoms with Gasteiger partial charge in [0.1, 0.15) is 0 Å². The fourth-order valence-electron chi connectivity index (χ4n) is 1.27. The Hall–Kier alpha value is -1.40. The molecule has 0 saturated carbocycles. The zero-order chi connectivity index (χ0) is 14.4. The quantitative estimate of drug-likeness (QED) is 0.732. The summed E-state index contributed by atoms with van der Waals surface area (Å²) in [5.74, 6) is -1.51. The zero-order valence-electron chi connectivity index (χ0n) is 10.9. The number of nitrogens with one attached hydrogen (secondary N) is 2. The van der Waals surface area contributed by atoms with Crippen LogP contribution in [0, 0.1) is 12.8 Å². The molecule has 0 aliphatic carbocycles. The molecule has 0 spiro atoms. The van der Waals surface area contributed by atoms with Crippen LogP contribution in [0.2, 0.25) is 0 Å². The smallest absolute Gasteiger partial charge is 0.313 e. The van der Waals surface area contributed by atoms with E-state index in [-0.39, 0.29) is 19.1 Å². The number of anilines is 1. The minimum atomic E-state index is -0.721. The highest BCUT2D eigenvalue weighted by Gasteiger charge is 2.14. The lowest BCUT2D eigenvalue weighted by atomic mass is 10.2. The van der Waals surface area contributed by atoms with Gasteiger partial charge in [-0.2, -0.15) is 0 Å². The first-order valence-corrected chi connectivity index (χ1v) is 6.69. The summed E-state index contributed by atoms with van der Waals surface area (Å²) in [7, 11) is 0. The van der Waals surface area contributed by atoms with Gasteiger partial charge in [-0.25, -0.2) is 0 Å². The van der Waals surface area contributed by atoms with Crippen LogP contribution in [0.1, 0.15) is 12.5 Å². The number of aliphatic hydroxyl groups is 1. The highest BCUT2D eigenvalue weighted by molar-refractivity contribution is 9.10. The number of benzene rings is 1. The Morgan fingerprint density at radius 2 is 2.05 bits per heavy atom. The van der Waals surface area contributed by atoms with E-state index < -0.39 is 11.8 Å². The lowest BCUT2D eigenvalue weighted by Gasteiger charge is -2.10. The predicted molar refractivity (Wildman–Crippen MR) is 76.8 cm³/mol. The van der Waals surface area contributed by atoms with Gasteiger partial charge in [0.2, 0.25) is 0 Å². The molecule has 1 aromatic rings. The van der Waals surface area contributed by atoms with Crippen molar-refractivity contribution in [1.82, 2.24) is 5.32 Å². The van der Waals surface area contributed by atoms with Gasteiger partial charge >= 0.3 is 11.8 Å². The van der Waals surface area contributed by atoms with Crippen LogP contribution in [0.3, 0.4) is 0 Å². The Morgan fingerprint density at radius 3 is 2.63 bits per heavy atom. The summed E-state index contributed by atoms with van der Waals surface area (Å²) >= 11 is 3.35. The van der Waals surface area contributed by atoms with Gasteiger partial charge in [0.05, 0.1) is 0 Å². The average Bonchev–Trinajstić information content (AvgIpc) is 2.39. The summed E-state index contributed by atoms with van der Waals surface area (Å²) < 4.78 is 0.861. The van der Waals surface area contributed by atoms with Crippen molar-refractivity contribution in [3.63, 3.8) is 0 Å². The molecule has 1 aromatic carbocycles. The van der Waals surface area contributed by atoms with Crippen molar-refractivity contribution in [3.05, 3.63) is 28.2 Å². The maximum Gasteiger partial charge on any atom is 0.313 e. The van der Waals surface area contributed by atoms with E-state index in [1.807, 2.05) is 13.0 Å².